The fourth-order valence-electron chi connectivity index (χ4n) is 1.46. The van der Waals surface area contributed by atoms with Gasteiger partial charge in [0, 0.05) is 12.6 Å². The predicted octanol–water partition coefficient (Wildman–Crippen LogP) is 3.32. The Hall–Kier alpha value is -1.92. The summed E-state index contributed by atoms with van der Waals surface area (Å²) in [5, 5.41) is 8.00. The van der Waals surface area contributed by atoms with E-state index in [1.165, 1.54) is 24.5 Å². The van der Waals surface area contributed by atoms with Gasteiger partial charge in [0.25, 0.3) is 0 Å². The van der Waals surface area contributed by atoms with Crippen LogP contribution in [0.25, 0.3) is 0 Å². The normalized spacial score (nSPS) is 10.8. The van der Waals surface area contributed by atoms with Gasteiger partial charge >= 0.3 is 0 Å². The van der Waals surface area contributed by atoms with Crippen molar-refractivity contribution in [2.24, 2.45) is 5.10 Å². The minimum absolute atomic E-state index is 0.236. The van der Waals surface area contributed by atoms with Crippen LogP contribution in [-0.4, -0.2) is 17.1 Å². The topological polar surface area (TPSA) is 66.4 Å². The van der Waals surface area contributed by atoms with Crippen LogP contribution >= 0.6 is 22.9 Å². The van der Waals surface area contributed by atoms with E-state index in [4.69, 9.17) is 11.6 Å². The van der Waals surface area contributed by atoms with Gasteiger partial charge in [-0.25, -0.2) is 10.4 Å². The van der Waals surface area contributed by atoms with Crippen LogP contribution in [0.2, 0.25) is 5.15 Å². The van der Waals surface area contributed by atoms with Crippen LogP contribution < -0.4 is 10.7 Å². The van der Waals surface area contributed by atoms with Crippen LogP contribution in [0.1, 0.15) is 17.4 Å². The number of halogens is 1. The number of hydrogen-bond donors (Lipinski definition) is 2. The predicted molar refractivity (Wildman–Crippen MR) is 83.0 cm³/mol. The molecule has 5 nitrogen and oxygen atoms in total. The molecule has 0 saturated carbocycles. The van der Waals surface area contributed by atoms with Gasteiger partial charge in [0.2, 0.25) is 5.91 Å². The van der Waals surface area contributed by atoms with E-state index in [0.29, 0.717) is 15.2 Å². The zero-order valence-corrected chi connectivity index (χ0v) is 12.5. The lowest BCUT2D eigenvalue weighted by atomic mass is 10.2. The molecule has 20 heavy (non-hydrogen) atoms. The quantitative estimate of drug-likeness (QED) is 0.672. The highest BCUT2D eigenvalue weighted by Gasteiger charge is 2.08. The molecule has 1 heterocycles. The molecular weight excluding hydrogens is 296 g/mol. The smallest absolute Gasteiger partial charge is 0.236 e. The molecule has 0 atom stereocenters. The number of aryl methyl sites for hydroxylation is 1. The van der Waals surface area contributed by atoms with Gasteiger partial charge in [-0.15, -0.1) is 0 Å². The van der Waals surface area contributed by atoms with Crippen molar-refractivity contribution < 1.29 is 4.79 Å². The third-order valence-corrected chi connectivity index (χ3v) is 3.71. The molecular formula is C13H13ClN4OS. The highest BCUT2D eigenvalue weighted by Crippen LogP contribution is 2.28. The molecule has 0 fully saturated rings. The molecule has 104 valence electrons. The number of hydrogen-bond acceptors (Lipinski definition) is 5. The van der Waals surface area contributed by atoms with E-state index in [2.05, 4.69) is 20.8 Å². The maximum atomic E-state index is 10.7. The molecule has 0 aliphatic carbocycles. The summed E-state index contributed by atoms with van der Waals surface area (Å²) in [6.07, 6.45) is 1.48. The second-order valence-electron chi connectivity index (χ2n) is 4.04. The largest absolute Gasteiger partial charge is 0.331 e. The summed E-state index contributed by atoms with van der Waals surface area (Å²) in [6.45, 7) is 3.40. The fraction of sp³-hybridized carbons (Fsp3) is 0.154. The van der Waals surface area contributed by atoms with Crippen LogP contribution in [0.4, 0.5) is 10.8 Å². The Kier molecular flexibility index (Phi) is 4.70. The molecule has 2 rings (SSSR count). The summed E-state index contributed by atoms with van der Waals surface area (Å²) in [7, 11) is 0. The number of nitrogens with one attached hydrogen (secondary N) is 2. The molecule has 0 spiro atoms. The van der Waals surface area contributed by atoms with Gasteiger partial charge in [0.05, 0.1) is 11.1 Å². The molecule has 1 aromatic carbocycles. The average Bonchev–Trinajstić information content (AvgIpc) is 2.72. The van der Waals surface area contributed by atoms with E-state index in [1.807, 2.05) is 31.2 Å². The number of carbonyl (C=O) groups is 1. The summed E-state index contributed by atoms with van der Waals surface area (Å²) in [5.74, 6) is -0.236. The van der Waals surface area contributed by atoms with Crippen molar-refractivity contribution >= 4 is 45.9 Å². The number of benzene rings is 1. The zero-order chi connectivity index (χ0) is 14.5. The molecule has 0 aliphatic heterocycles. The van der Waals surface area contributed by atoms with Crippen LogP contribution in [0.5, 0.6) is 0 Å². The first kappa shape index (κ1) is 14.5. The molecule has 1 amide bonds. The summed E-state index contributed by atoms with van der Waals surface area (Å²) in [5.41, 5.74) is 4.41. The van der Waals surface area contributed by atoms with Gasteiger partial charge < -0.3 is 5.32 Å². The Morgan fingerprint density at radius 3 is 2.90 bits per heavy atom. The van der Waals surface area contributed by atoms with Crippen LogP contribution in [0.3, 0.4) is 0 Å². The number of aromatic nitrogens is 1. The molecule has 0 bridgehead atoms. The van der Waals surface area contributed by atoms with Crippen molar-refractivity contribution in [3.05, 3.63) is 39.9 Å². The lowest BCUT2D eigenvalue weighted by molar-refractivity contribution is -0.118. The van der Waals surface area contributed by atoms with E-state index in [0.717, 1.165) is 11.3 Å². The average molecular weight is 309 g/mol. The highest BCUT2D eigenvalue weighted by molar-refractivity contribution is 7.17. The van der Waals surface area contributed by atoms with Gasteiger partial charge in [0.15, 0.2) is 10.3 Å². The van der Waals surface area contributed by atoms with Crippen LogP contribution in [0, 0.1) is 6.92 Å². The molecule has 7 heteroatoms. The Morgan fingerprint density at radius 2 is 2.20 bits per heavy atom. The van der Waals surface area contributed by atoms with E-state index in [1.54, 1.807) is 0 Å². The molecule has 0 saturated heterocycles. The Labute approximate surface area is 125 Å². The van der Waals surface area contributed by atoms with Crippen molar-refractivity contribution in [3.8, 4) is 0 Å². The lowest BCUT2D eigenvalue weighted by Gasteiger charge is -2.05. The van der Waals surface area contributed by atoms with Gasteiger partial charge in [-0.05, 0) is 18.6 Å². The van der Waals surface area contributed by atoms with Crippen molar-refractivity contribution in [2.75, 3.05) is 5.32 Å². The van der Waals surface area contributed by atoms with Crippen LogP contribution in [-0.2, 0) is 4.79 Å². The maximum Gasteiger partial charge on any atom is 0.236 e. The van der Waals surface area contributed by atoms with Crippen molar-refractivity contribution in [3.63, 3.8) is 0 Å². The molecule has 0 aliphatic rings. The fourth-order valence-corrected chi connectivity index (χ4v) is 2.50. The lowest BCUT2D eigenvalue weighted by Crippen LogP contribution is -2.12. The van der Waals surface area contributed by atoms with Gasteiger partial charge in [-0.3, -0.25) is 4.79 Å². The maximum absolute atomic E-state index is 10.7. The first-order valence-corrected chi connectivity index (χ1v) is 7.04. The third kappa shape index (κ3) is 3.79. The number of carbonyl (C=O) groups excluding carboxylic acids is 1. The minimum atomic E-state index is -0.236. The first-order valence-electron chi connectivity index (χ1n) is 5.85. The Morgan fingerprint density at radius 1 is 1.45 bits per heavy atom. The first-order chi connectivity index (χ1) is 9.56. The number of rotatable bonds is 4. The third-order valence-electron chi connectivity index (χ3n) is 2.40. The highest BCUT2D eigenvalue weighted by atomic mass is 35.5. The second kappa shape index (κ2) is 6.49. The summed E-state index contributed by atoms with van der Waals surface area (Å²) in [4.78, 5) is 15.6. The number of hydrazone groups is 1. The zero-order valence-electron chi connectivity index (χ0n) is 11.0. The Bertz CT molecular complexity index is 654. The minimum Gasteiger partial charge on any atom is -0.331 e. The summed E-state index contributed by atoms with van der Waals surface area (Å²) >= 11 is 7.38. The van der Waals surface area contributed by atoms with Gasteiger partial charge in [-0.2, -0.15) is 5.10 Å². The van der Waals surface area contributed by atoms with E-state index in [9.17, 15) is 4.79 Å². The van der Waals surface area contributed by atoms with Gasteiger partial charge in [-0.1, -0.05) is 41.1 Å². The van der Waals surface area contributed by atoms with Gasteiger partial charge in [0.1, 0.15) is 0 Å². The Balaban J connectivity index is 2.13. The summed E-state index contributed by atoms with van der Waals surface area (Å²) in [6, 6.07) is 7.90. The van der Waals surface area contributed by atoms with E-state index < -0.39 is 0 Å². The number of thiazole rings is 1. The van der Waals surface area contributed by atoms with Crippen molar-refractivity contribution in [1.82, 2.24) is 10.4 Å². The number of para-hydroxylation sites is 1. The molecule has 2 N–H and O–H groups in total. The molecule has 1 aromatic heterocycles. The second-order valence-corrected chi connectivity index (χ2v) is 5.43. The molecule has 0 radical (unpaired) electrons. The van der Waals surface area contributed by atoms with E-state index in [-0.39, 0.29) is 5.91 Å². The van der Waals surface area contributed by atoms with E-state index >= 15 is 0 Å². The SMILES string of the molecule is CC(=O)N/N=C/c1sc(Nc2ccccc2C)nc1Cl. The molecule has 2 aromatic rings. The summed E-state index contributed by atoms with van der Waals surface area (Å²) < 4.78 is 0. The number of anilines is 2. The standard InChI is InChI=1S/C13H13ClN4OS/c1-8-5-3-4-6-10(8)16-13-17-12(14)11(20-13)7-15-18-9(2)19/h3-7H,1-2H3,(H,16,17)(H,18,19)/b15-7+. The van der Waals surface area contributed by atoms with Crippen molar-refractivity contribution in [2.45, 2.75) is 13.8 Å². The number of nitrogens with zero attached hydrogens (tertiary/aromatic N) is 2. The van der Waals surface area contributed by atoms with Crippen molar-refractivity contribution in [1.29, 1.82) is 0 Å². The molecule has 0 unspecified atom stereocenters. The van der Waals surface area contributed by atoms with Crippen LogP contribution in [0.15, 0.2) is 29.4 Å². The number of amides is 1. The monoisotopic (exact) mass is 308 g/mol.